The Morgan fingerprint density at radius 1 is 1.23 bits per heavy atom. The largest absolute Gasteiger partial charge is 0.397 e. The number of carbonyl (C=O) groups is 2. The third kappa shape index (κ3) is 6.67. The summed E-state index contributed by atoms with van der Waals surface area (Å²) in [5, 5.41) is 8.29. The van der Waals surface area contributed by atoms with E-state index in [0.717, 1.165) is 17.5 Å². The summed E-state index contributed by atoms with van der Waals surface area (Å²) in [4.78, 5) is 41.2. The molecule has 0 saturated carbocycles. The number of hydrogen-bond acceptors (Lipinski definition) is 8. The van der Waals surface area contributed by atoms with Crippen LogP contribution in [0.2, 0.25) is 5.02 Å². The predicted molar refractivity (Wildman–Crippen MR) is 127 cm³/mol. The van der Waals surface area contributed by atoms with Crippen molar-refractivity contribution in [1.29, 1.82) is 0 Å². The summed E-state index contributed by atoms with van der Waals surface area (Å²) in [5.41, 5.74) is 0.282. The number of thiazole rings is 1. The van der Waals surface area contributed by atoms with Crippen molar-refractivity contribution >= 4 is 57.9 Å². The van der Waals surface area contributed by atoms with Crippen LogP contribution in [0.15, 0.2) is 28.7 Å². The maximum atomic E-state index is 13.0. The average Bonchev–Trinajstić information content (AvgIpc) is 3.30. The van der Waals surface area contributed by atoms with Gasteiger partial charge in [0.1, 0.15) is 27.1 Å². The lowest BCUT2D eigenvalue weighted by atomic mass is 9.97. The van der Waals surface area contributed by atoms with Crippen LogP contribution in [0.5, 0.6) is 0 Å². The zero-order valence-corrected chi connectivity index (χ0v) is 20.7. The van der Waals surface area contributed by atoms with Crippen LogP contribution in [0.25, 0.3) is 0 Å². The molecule has 2 amide bonds. The first kappa shape index (κ1) is 26.8. The van der Waals surface area contributed by atoms with Gasteiger partial charge in [-0.1, -0.05) is 23.2 Å². The molecule has 0 radical (unpaired) electrons. The minimum absolute atomic E-state index is 0.0121. The molecule has 0 saturated heterocycles. The molecule has 35 heavy (non-hydrogen) atoms. The first-order valence-electron chi connectivity index (χ1n) is 10.2. The van der Waals surface area contributed by atoms with Crippen molar-refractivity contribution in [2.45, 2.75) is 32.0 Å². The fraction of sp³-hybridized carbons (Fsp3) is 0.400. The van der Waals surface area contributed by atoms with E-state index in [1.54, 1.807) is 14.0 Å². The number of aliphatic imine (C=N–C) groups is 1. The highest BCUT2D eigenvalue weighted by atomic mass is 35.5. The van der Waals surface area contributed by atoms with E-state index >= 15 is 0 Å². The number of carbonyl (C=O) groups excluding carboxylic acids is 2. The van der Waals surface area contributed by atoms with Crippen LogP contribution in [-0.4, -0.2) is 52.2 Å². The van der Waals surface area contributed by atoms with Crippen LogP contribution >= 0.6 is 34.5 Å². The van der Waals surface area contributed by atoms with Gasteiger partial charge < -0.3 is 16.0 Å². The molecule has 3 rings (SSSR count). The molecule has 0 bridgehead atoms. The molecule has 9 nitrogen and oxygen atoms in total. The second-order valence-electron chi connectivity index (χ2n) is 7.41. The molecule has 0 spiro atoms. The Morgan fingerprint density at radius 2 is 1.97 bits per heavy atom. The van der Waals surface area contributed by atoms with Crippen molar-refractivity contribution in [3.05, 3.63) is 44.4 Å². The lowest BCUT2D eigenvalue weighted by molar-refractivity contribution is -0.160. The highest BCUT2D eigenvalue weighted by Crippen LogP contribution is 2.38. The standard InChI is InChI=1S/C20H20Cl2F3N7O2S/c1-9(32-18(34)15-14(22)16(26-2)31-8-30-15)19-29-7-13(35-19)17(33)27-4-3-10-5-11(20(23,24)25)12(21)6-28-10/h6-9,11H,3-5H2,1-2H3,(H,27,33)(H,32,34)(H,26,30,31). The predicted octanol–water partition coefficient (Wildman–Crippen LogP) is 4.34. The van der Waals surface area contributed by atoms with Gasteiger partial charge in [-0.2, -0.15) is 13.2 Å². The van der Waals surface area contributed by atoms with Gasteiger partial charge in [-0.15, -0.1) is 11.3 Å². The molecule has 15 heteroatoms. The van der Waals surface area contributed by atoms with E-state index in [4.69, 9.17) is 23.2 Å². The molecule has 2 unspecified atom stereocenters. The van der Waals surface area contributed by atoms with Crippen LogP contribution in [-0.2, 0) is 0 Å². The van der Waals surface area contributed by atoms with Crippen molar-refractivity contribution in [3.8, 4) is 0 Å². The number of anilines is 1. The summed E-state index contributed by atoms with van der Waals surface area (Å²) in [6.07, 6.45) is -1.10. The normalized spacial score (nSPS) is 16.7. The molecule has 2 aromatic heterocycles. The molecule has 1 aliphatic heterocycles. The molecule has 3 heterocycles. The Morgan fingerprint density at radius 3 is 2.66 bits per heavy atom. The van der Waals surface area contributed by atoms with Crippen LogP contribution in [0.1, 0.15) is 51.0 Å². The van der Waals surface area contributed by atoms with Crippen molar-refractivity contribution in [1.82, 2.24) is 25.6 Å². The number of nitrogens with one attached hydrogen (secondary N) is 3. The van der Waals surface area contributed by atoms with Gasteiger partial charge in [0, 0.05) is 43.4 Å². The number of allylic oxidation sites excluding steroid dienone is 1. The van der Waals surface area contributed by atoms with E-state index in [2.05, 4.69) is 35.9 Å². The maximum absolute atomic E-state index is 13.0. The maximum Gasteiger partial charge on any atom is 0.397 e. The van der Waals surface area contributed by atoms with E-state index in [-0.39, 0.29) is 40.0 Å². The Hall–Kier alpha value is -2.77. The van der Waals surface area contributed by atoms with Crippen molar-refractivity contribution in [2.24, 2.45) is 10.9 Å². The Bertz CT molecular complexity index is 1170. The van der Waals surface area contributed by atoms with E-state index < -0.39 is 30.0 Å². The highest BCUT2D eigenvalue weighted by Gasteiger charge is 2.43. The minimum atomic E-state index is -4.46. The smallest absolute Gasteiger partial charge is 0.372 e. The second kappa shape index (κ2) is 11.3. The van der Waals surface area contributed by atoms with Crippen LogP contribution in [0.4, 0.5) is 19.0 Å². The lowest BCUT2D eigenvalue weighted by Crippen LogP contribution is -2.30. The average molecular weight is 550 g/mol. The Balaban J connectivity index is 1.54. The zero-order valence-electron chi connectivity index (χ0n) is 18.4. The highest BCUT2D eigenvalue weighted by molar-refractivity contribution is 7.13. The summed E-state index contributed by atoms with van der Waals surface area (Å²) in [5.74, 6) is -2.46. The number of amides is 2. The molecule has 0 aromatic carbocycles. The number of aromatic nitrogens is 3. The first-order chi connectivity index (χ1) is 16.5. The van der Waals surface area contributed by atoms with Gasteiger partial charge in [0.25, 0.3) is 11.8 Å². The number of hydrogen-bond donors (Lipinski definition) is 3. The van der Waals surface area contributed by atoms with Gasteiger partial charge >= 0.3 is 6.18 Å². The van der Waals surface area contributed by atoms with Crippen LogP contribution < -0.4 is 16.0 Å². The van der Waals surface area contributed by atoms with Gasteiger partial charge in [0.2, 0.25) is 0 Å². The van der Waals surface area contributed by atoms with Gasteiger partial charge in [-0.25, -0.2) is 15.0 Å². The van der Waals surface area contributed by atoms with Crippen LogP contribution in [0, 0.1) is 5.92 Å². The second-order valence-corrected chi connectivity index (χ2v) is 9.28. The van der Waals surface area contributed by atoms with Crippen molar-refractivity contribution in [2.75, 3.05) is 18.9 Å². The van der Waals surface area contributed by atoms with E-state index in [9.17, 15) is 22.8 Å². The zero-order chi connectivity index (χ0) is 25.8. The fourth-order valence-electron chi connectivity index (χ4n) is 3.10. The van der Waals surface area contributed by atoms with Crippen molar-refractivity contribution in [3.63, 3.8) is 0 Å². The van der Waals surface area contributed by atoms with Gasteiger partial charge in [0.05, 0.1) is 18.2 Å². The molecular formula is C20H20Cl2F3N7O2S. The molecule has 2 aromatic rings. The molecule has 3 N–H and O–H groups in total. The lowest BCUT2D eigenvalue weighted by Gasteiger charge is -2.23. The summed E-state index contributed by atoms with van der Waals surface area (Å²) in [6, 6.07) is -0.550. The number of halogens is 5. The quantitative estimate of drug-likeness (QED) is 0.450. The topological polar surface area (TPSA) is 121 Å². The molecule has 188 valence electrons. The summed E-state index contributed by atoms with van der Waals surface area (Å²) < 4.78 is 39.1. The minimum Gasteiger partial charge on any atom is -0.372 e. The van der Waals surface area contributed by atoms with Crippen molar-refractivity contribution < 1.29 is 22.8 Å². The van der Waals surface area contributed by atoms with Crippen LogP contribution in [0.3, 0.4) is 0 Å². The van der Waals surface area contributed by atoms with E-state index in [1.807, 2.05) is 0 Å². The van der Waals surface area contributed by atoms with E-state index in [0.29, 0.717) is 16.5 Å². The number of rotatable bonds is 8. The van der Waals surface area contributed by atoms with E-state index in [1.165, 1.54) is 12.5 Å². The monoisotopic (exact) mass is 549 g/mol. The Kier molecular flexibility index (Phi) is 8.67. The van der Waals surface area contributed by atoms with Gasteiger partial charge in [-0.05, 0) is 6.92 Å². The first-order valence-corrected chi connectivity index (χ1v) is 11.8. The number of nitrogens with zero attached hydrogens (tertiary/aromatic N) is 4. The third-order valence-corrected chi connectivity index (χ3v) is 6.84. The molecular weight excluding hydrogens is 530 g/mol. The third-order valence-electron chi connectivity index (χ3n) is 4.94. The Labute approximate surface area is 212 Å². The summed E-state index contributed by atoms with van der Waals surface area (Å²) >= 11 is 12.8. The summed E-state index contributed by atoms with van der Waals surface area (Å²) in [7, 11) is 1.61. The molecule has 0 fully saturated rings. The summed E-state index contributed by atoms with van der Waals surface area (Å²) in [6.45, 7) is 1.77. The van der Waals surface area contributed by atoms with Gasteiger partial charge in [0.15, 0.2) is 5.69 Å². The molecule has 2 atom stereocenters. The molecule has 1 aliphatic rings. The SMILES string of the molecule is CNc1ncnc(C(=O)NC(C)c2ncc(C(=O)NCCC3=NC=C(Cl)C(C(F)(F)F)C3)s2)c1Cl. The fourth-order valence-corrected chi connectivity index (χ4v) is 4.46. The molecule has 0 aliphatic carbocycles. The number of alkyl halides is 3. The van der Waals surface area contributed by atoms with Gasteiger partial charge in [-0.3, -0.25) is 14.6 Å².